The van der Waals surface area contributed by atoms with Gasteiger partial charge in [-0.1, -0.05) is 0 Å². The summed E-state index contributed by atoms with van der Waals surface area (Å²) in [5.41, 5.74) is 3.48. The smallest absolute Gasteiger partial charge is 0.0374 e. The SMILES string of the molecule is CN1N2CC3CC(C2)NN1C3. The van der Waals surface area contributed by atoms with Gasteiger partial charge in [-0.15, -0.1) is 0 Å². The van der Waals surface area contributed by atoms with E-state index in [2.05, 4.69) is 27.7 Å². The number of hydrogen-bond donors (Lipinski definition) is 1. The van der Waals surface area contributed by atoms with Crippen molar-refractivity contribution in [1.82, 2.24) is 20.7 Å². The predicted octanol–water partition coefficient (Wildman–Crippen LogP) is -0.727. The van der Waals surface area contributed by atoms with Crippen LogP contribution in [0.4, 0.5) is 0 Å². The number of nitrogens with zero attached hydrogens (tertiary/aromatic N) is 3. The quantitative estimate of drug-likeness (QED) is 0.496. The first-order chi connectivity index (χ1) is 5.33. The molecule has 4 aliphatic rings. The van der Waals surface area contributed by atoms with Crippen LogP contribution in [0.15, 0.2) is 0 Å². The molecule has 4 nitrogen and oxygen atoms in total. The van der Waals surface area contributed by atoms with Gasteiger partial charge in [-0.05, 0) is 12.3 Å². The zero-order valence-electron chi connectivity index (χ0n) is 6.82. The summed E-state index contributed by atoms with van der Waals surface area (Å²) in [5.74, 6) is 0.909. The molecule has 4 saturated heterocycles. The topological polar surface area (TPSA) is 21.8 Å². The Kier molecular flexibility index (Phi) is 1.13. The van der Waals surface area contributed by atoms with E-state index in [1.807, 2.05) is 0 Å². The monoisotopic (exact) mass is 154 g/mol. The highest BCUT2D eigenvalue weighted by Crippen LogP contribution is 2.28. The second-order valence-electron chi connectivity index (χ2n) is 3.87. The van der Waals surface area contributed by atoms with Crippen molar-refractivity contribution in [1.29, 1.82) is 0 Å². The summed E-state index contributed by atoms with van der Waals surface area (Å²) in [7, 11) is 2.13. The molecule has 0 amide bonds. The summed E-state index contributed by atoms with van der Waals surface area (Å²) in [4.78, 5) is 0. The van der Waals surface area contributed by atoms with Crippen molar-refractivity contribution in [3.8, 4) is 0 Å². The summed E-state index contributed by atoms with van der Waals surface area (Å²) < 4.78 is 0. The molecule has 4 fully saturated rings. The van der Waals surface area contributed by atoms with Crippen LogP contribution >= 0.6 is 0 Å². The Bertz CT molecular complexity index is 153. The molecular weight excluding hydrogens is 140 g/mol. The van der Waals surface area contributed by atoms with Crippen LogP contribution in [0, 0.1) is 5.92 Å². The second kappa shape index (κ2) is 1.95. The van der Waals surface area contributed by atoms with Crippen LogP contribution in [-0.4, -0.2) is 48.0 Å². The zero-order chi connectivity index (χ0) is 7.42. The van der Waals surface area contributed by atoms with Crippen molar-refractivity contribution in [2.24, 2.45) is 5.92 Å². The van der Waals surface area contributed by atoms with Crippen molar-refractivity contribution in [2.75, 3.05) is 26.7 Å². The summed E-state index contributed by atoms with van der Waals surface area (Å²) in [6, 6.07) is 0.721. The molecule has 0 aromatic heterocycles. The zero-order valence-corrected chi connectivity index (χ0v) is 6.82. The molecule has 1 N–H and O–H groups in total. The van der Waals surface area contributed by atoms with E-state index in [-0.39, 0.29) is 0 Å². The molecule has 4 bridgehead atoms. The minimum atomic E-state index is 0.721. The van der Waals surface area contributed by atoms with Gasteiger partial charge < -0.3 is 0 Å². The van der Waals surface area contributed by atoms with Gasteiger partial charge in [0.25, 0.3) is 0 Å². The minimum Gasteiger partial charge on any atom is -0.236 e. The van der Waals surface area contributed by atoms with E-state index in [1.165, 1.54) is 26.1 Å². The van der Waals surface area contributed by atoms with Gasteiger partial charge in [0, 0.05) is 32.7 Å². The van der Waals surface area contributed by atoms with Crippen LogP contribution in [0.25, 0.3) is 0 Å². The van der Waals surface area contributed by atoms with Crippen LogP contribution < -0.4 is 5.43 Å². The number of piperidine rings is 1. The Hall–Kier alpha value is -0.160. The molecule has 0 spiro atoms. The molecule has 11 heavy (non-hydrogen) atoms. The third kappa shape index (κ3) is 0.780. The van der Waals surface area contributed by atoms with Crippen LogP contribution in [0.2, 0.25) is 0 Å². The minimum absolute atomic E-state index is 0.721. The number of hydrazine groups is 3. The first kappa shape index (κ1) is 6.37. The Labute approximate surface area is 66.7 Å². The molecule has 4 heteroatoms. The highest BCUT2D eigenvalue weighted by molar-refractivity contribution is 4.89. The van der Waals surface area contributed by atoms with Crippen LogP contribution in [0.1, 0.15) is 6.42 Å². The average Bonchev–Trinajstić information content (AvgIpc) is 1.98. The number of hydrogen-bond acceptors (Lipinski definition) is 4. The van der Waals surface area contributed by atoms with Gasteiger partial charge in [0.05, 0.1) is 0 Å². The van der Waals surface area contributed by atoms with E-state index in [1.54, 1.807) is 0 Å². The Balaban J connectivity index is 1.91. The average molecular weight is 154 g/mol. The van der Waals surface area contributed by atoms with Gasteiger partial charge in [0.2, 0.25) is 0 Å². The van der Waals surface area contributed by atoms with Gasteiger partial charge in [0.1, 0.15) is 0 Å². The predicted molar refractivity (Wildman–Crippen MR) is 41.1 cm³/mol. The lowest BCUT2D eigenvalue weighted by Crippen LogP contribution is -2.76. The van der Waals surface area contributed by atoms with Crippen molar-refractivity contribution in [2.45, 2.75) is 12.5 Å². The summed E-state index contributed by atoms with van der Waals surface area (Å²) in [6.45, 7) is 3.66. The molecule has 4 atom stereocenters. The Morgan fingerprint density at radius 3 is 2.91 bits per heavy atom. The molecule has 4 aliphatic heterocycles. The van der Waals surface area contributed by atoms with Crippen molar-refractivity contribution in [3.05, 3.63) is 0 Å². The molecule has 0 aromatic rings. The highest BCUT2D eigenvalue weighted by Gasteiger charge is 2.42. The van der Waals surface area contributed by atoms with Crippen LogP contribution in [-0.2, 0) is 0 Å². The first-order valence-corrected chi connectivity index (χ1v) is 4.35. The van der Waals surface area contributed by atoms with Gasteiger partial charge in [-0.25, -0.2) is 10.4 Å². The second-order valence-corrected chi connectivity index (χ2v) is 3.87. The molecule has 4 unspecified atom stereocenters. The molecular formula is C7H14N4. The maximum absolute atomic E-state index is 3.48. The van der Waals surface area contributed by atoms with Gasteiger partial charge in [-0.2, -0.15) is 10.2 Å². The van der Waals surface area contributed by atoms with E-state index >= 15 is 0 Å². The highest BCUT2D eigenvalue weighted by atomic mass is 16.0. The van der Waals surface area contributed by atoms with Gasteiger partial charge in [0.15, 0.2) is 0 Å². The van der Waals surface area contributed by atoms with Crippen LogP contribution in [0.5, 0.6) is 0 Å². The molecule has 4 rings (SSSR count). The fourth-order valence-electron chi connectivity index (χ4n) is 2.50. The lowest BCUT2D eigenvalue weighted by molar-refractivity contribution is -0.293. The Morgan fingerprint density at radius 2 is 2.18 bits per heavy atom. The van der Waals surface area contributed by atoms with E-state index < -0.39 is 0 Å². The summed E-state index contributed by atoms with van der Waals surface area (Å²) >= 11 is 0. The van der Waals surface area contributed by atoms with Gasteiger partial charge >= 0.3 is 0 Å². The van der Waals surface area contributed by atoms with E-state index in [0.717, 1.165) is 12.0 Å². The van der Waals surface area contributed by atoms with Crippen molar-refractivity contribution >= 4 is 0 Å². The summed E-state index contributed by atoms with van der Waals surface area (Å²) in [5, 5.41) is 6.89. The lowest BCUT2D eigenvalue weighted by atomic mass is 9.92. The number of rotatable bonds is 0. The maximum atomic E-state index is 3.48. The number of nitrogens with one attached hydrogen (secondary N) is 1. The van der Waals surface area contributed by atoms with E-state index in [9.17, 15) is 0 Å². The Morgan fingerprint density at radius 1 is 1.27 bits per heavy atom. The van der Waals surface area contributed by atoms with Crippen molar-refractivity contribution < 1.29 is 0 Å². The summed E-state index contributed by atoms with van der Waals surface area (Å²) in [6.07, 6.45) is 1.38. The molecule has 0 saturated carbocycles. The normalized spacial score (nSPS) is 55.4. The third-order valence-corrected chi connectivity index (χ3v) is 3.04. The third-order valence-electron chi connectivity index (χ3n) is 3.04. The lowest BCUT2D eigenvalue weighted by Gasteiger charge is -2.58. The fraction of sp³-hybridized carbons (Fsp3) is 1.00. The van der Waals surface area contributed by atoms with Gasteiger partial charge in [-0.3, -0.25) is 0 Å². The first-order valence-electron chi connectivity index (χ1n) is 4.35. The van der Waals surface area contributed by atoms with E-state index in [0.29, 0.717) is 0 Å². The van der Waals surface area contributed by atoms with Crippen LogP contribution in [0.3, 0.4) is 0 Å². The molecule has 62 valence electrons. The van der Waals surface area contributed by atoms with Crippen molar-refractivity contribution in [3.63, 3.8) is 0 Å². The molecule has 4 heterocycles. The molecule has 0 aromatic carbocycles. The molecule has 0 aliphatic carbocycles. The molecule has 0 radical (unpaired) electrons. The standard InChI is InChI=1S/C7H14N4/c1-9-10-3-6-2-7(5-10)8-11(9)4-6/h6-8H,2-5H2,1H3. The van der Waals surface area contributed by atoms with E-state index in [4.69, 9.17) is 0 Å². The fourth-order valence-corrected chi connectivity index (χ4v) is 2.50. The largest absolute Gasteiger partial charge is 0.236 e. The maximum Gasteiger partial charge on any atom is 0.0374 e.